The van der Waals surface area contributed by atoms with Crippen LogP contribution in [-0.4, -0.2) is 263 Å². The molecule has 10 rings (SSSR count). The fourth-order valence-electron chi connectivity index (χ4n) is 17.4. The van der Waals surface area contributed by atoms with E-state index in [1.54, 1.807) is 0 Å². The Morgan fingerprint density at radius 1 is 0.548 bits per heavy atom. The fraction of sp³-hybridized carbons (Fsp3) is 0.948. The van der Waals surface area contributed by atoms with E-state index in [-0.39, 0.29) is 47.2 Å². The van der Waals surface area contributed by atoms with Crippen LogP contribution in [0.15, 0.2) is 11.6 Å². The Labute approximate surface area is 488 Å². The first-order valence-corrected chi connectivity index (χ1v) is 30.2. The van der Waals surface area contributed by atoms with E-state index < -0.39 is 189 Å². The SMILES string of the molecule is C[C@@H]1O[C@@H](O[C@H]2[C@H](O[C@H]3CC[C@@]4(C)[C@@H](CC[C@]5(C)[C@@H]4CC=C4[C@@H]6CC(C)(C)CC[C@]6(C(=O)O[C@@H]6O[C@H](CO)[C@@H](O)[C@H](O)[C@H]6O[C@@H]6O[C@H](CO)[C@@H](O)[C@H](O)[C@H]6O)CC[C@]45C)[C@]3(C)CO)OC[C@H](O)[C@@H]2O)[C@H](O)[C@H](O[C@@H]2OC[C@H](O)[C@H](O)[C@H]2O)[C@H]1O. The Hall–Kier alpha value is -1.75. The Bertz CT molecular complexity index is 2330. The Morgan fingerprint density at radius 3 is 1.77 bits per heavy atom. The number of esters is 1. The molecule has 5 heterocycles. The van der Waals surface area contributed by atoms with E-state index in [9.17, 15) is 76.6 Å². The van der Waals surface area contributed by atoms with Crippen LogP contribution in [0.2, 0.25) is 0 Å². The third-order valence-electron chi connectivity index (χ3n) is 22.9. The second kappa shape index (κ2) is 24.1. The van der Waals surface area contributed by atoms with Crippen LogP contribution in [0.25, 0.3) is 0 Å². The number of rotatable bonds is 13. The second-order valence-electron chi connectivity index (χ2n) is 28.0. The molecule has 26 nitrogen and oxygen atoms in total. The maximum atomic E-state index is 15.4. The number of carbonyl (C=O) groups excluding carboxylic acids is 1. The third kappa shape index (κ3) is 10.8. The number of hydrogen-bond donors (Lipinski definition) is 15. The number of hydrogen-bond acceptors (Lipinski definition) is 26. The van der Waals surface area contributed by atoms with Gasteiger partial charge in [0, 0.05) is 5.41 Å². The molecule has 4 saturated carbocycles. The Kier molecular flexibility index (Phi) is 18.7. The number of aliphatic hydroxyl groups is 15. The highest BCUT2D eigenvalue weighted by Gasteiger charge is 2.71. The molecule has 15 N–H and O–H groups in total. The summed E-state index contributed by atoms with van der Waals surface area (Å²) in [5.74, 6) is -0.960. The largest absolute Gasteiger partial charge is 0.432 e. The first-order chi connectivity index (χ1) is 39.4. The zero-order valence-corrected chi connectivity index (χ0v) is 49.0. The van der Waals surface area contributed by atoms with Gasteiger partial charge in [0.25, 0.3) is 0 Å². The van der Waals surface area contributed by atoms with Gasteiger partial charge in [-0.05, 0) is 111 Å². The van der Waals surface area contributed by atoms with Gasteiger partial charge in [-0.1, -0.05) is 53.2 Å². The highest BCUT2D eigenvalue weighted by atomic mass is 16.8. The molecule has 0 aromatic heterocycles. The first kappa shape index (κ1) is 65.2. The summed E-state index contributed by atoms with van der Waals surface area (Å²) in [6, 6.07) is 0. The summed E-state index contributed by atoms with van der Waals surface area (Å²) in [5, 5.41) is 162. The average Bonchev–Trinajstić information content (AvgIpc) is 1.08. The van der Waals surface area contributed by atoms with E-state index in [0.717, 1.165) is 12.0 Å². The molecule has 32 atom stereocenters. The molecule has 0 bridgehead atoms. The van der Waals surface area contributed by atoms with E-state index in [1.165, 1.54) is 6.92 Å². The molecule has 84 heavy (non-hydrogen) atoms. The molecular weight excluding hydrogens is 1110 g/mol. The van der Waals surface area contributed by atoms with Crippen molar-refractivity contribution in [2.75, 3.05) is 33.0 Å². The van der Waals surface area contributed by atoms with Crippen molar-refractivity contribution in [2.45, 2.75) is 260 Å². The molecule has 0 aromatic rings. The van der Waals surface area contributed by atoms with Crippen LogP contribution < -0.4 is 0 Å². The Balaban J connectivity index is 0.878. The summed E-state index contributed by atoms with van der Waals surface area (Å²) in [6.07, 6.45) is -29.3. The lowest BCUT2D eigenvalue weighted by molar-refractivity contribution is -0.379. The van der Waals surface area contributed by atoms with Gasteiger partial charge in [-0.3, -0.25) is 4.79 Å². The minimum absolute atomic E-state index is 0.0875. The van der Waals surface area contributed by atoms with Crippen LogP contribution in [0.3, 0.4) is 0 Å². The molecule has 0 radical (unpaired) electrons. The lowest BCUT2D eigenvalue weighted by atomic mass is 9.33. The molecule has 0 unspecified atom stereocenters. The van der Waals surface area contributed by atoms with Gasteiger partial charge in [-0.25, -0.2) is 0 Å². The highest BCUT2D eigenvalue weighted by molar-refractivity contribution is 5.79. The van der Waals surface area contributed by atoms with Gasteiger partial charge >= 0.3 is 5.97 Å². The molecule has 0 spiro atoms. The number of aliphatic hydroxyl groups excluding tert-OH is 15. The van der Waals surface area contributed by atoms with Gasteiger partial charge in [-0.2, -0.15) is 0 Å². The van der Waals surface area contributed by atoms with Gasteiger partial charge < -0.3 is 124 Å². The molecule has 26 heteroatoms. The van der Waals surface area contributed by atoms with Crippen molar-refractivity contribution in [3.05, 3.63) is 11.6 Å². The summed E-state index contributed by atoms with van der Waals surface area (Å²) >= 11 is 0. The first-order valence-electron chi connectivity index (χ1n) is 30.2. The van der Waals surface area contributed by atoms with Crippen LogP contribution in [0, 0.1) is 50.2 Å². The van der Waals surface area contributed by atoms with Crippen molar-refractivity contribution < 1.29 is 129 Å². The summed E-state index contributed by atoms with van der Waals surface area (Å²) < 4.78 is 60.0. The monoisotopic (exact) mass is 1210 g/mol. The molecule has 5 aliphatic carbocycles. The van der Waals surface area contributed by atoms with Crippen molar-refractivity contribution in [1.29, 1.82) is 0 Å². The van der Waals surface area contributed by atoms with E-state index in [0.29, 0.717) is 57.8 Å². The standard InChI is InChI=1S/C58H94O26/c1-24-34(64)44(81-47-41(71)35(65)27(62)21-75-47)43(73)49(77-24)82-45-36(66)28(63)22-76-50(45)80-33-11-12-54(4)31(55(33,5)23-61)10-13-57(7)32(54)9-8-25-26-18-53(2,3)14-16-58(26,17-15-56(25,57)6)52(74)84-51-46(40(70)38(68)30(20-60)79-51)83-48-42(72)39(69)37(67)29(19-59)78-48/h8,24,26-51,59-73H,9-23H2,1-7H3/t24-,26-,27-,28-,29+,30+,31+,32+,33-,34-,35-,36-,37+,38+,39-,40-,41+,42+,43+,44+,45+,46+,47-,48-,49-,50-,51-,54-,55-,56+,57+,58-/m0/s1. The lowest BCUT2D eigenvalue weighted by Gasteiger charge is -2.71. The van der Waals surface area contributed by atoms with E-state index in [4.69, 9.17) is 47.4 Å². The van der Waals surface area contributed by atoms with Gasteiger partial charge in [0.05, 0.1) is 50.7 Å². The number of allylic oxidation sites excluding steroid dienone is 2. The predicted molar refractivity (Wildman–Crippen MR) is 283 cm³/mol. The van der Waals surface area contributed by atoms with Crippen LogP contribution in [0.5, 0.6) is 0 Å². The van der Waals surface area contributed by atoms with Crippen LogP contribution in [0.1, 0.15) is 113 Å². The van der Waals surface area contributed by atoms with Crippen molar-refractivity contribution in [1.82, 2.24) is 0 Å². The molecule has 0 amide bonds. The topological polar surface area (TPSA) is 413 Å². The van der Waals surface area contributed by atoms with Crippen molar-refractivity contribution in [3.8, 4) is 0 Å². The van der Waals surface area contributed by atoms with Gasteiger partial charge in [0.2, 0.25) is 6.29 Å². The zero-order valence-electron chi connectivity index (χ0n) is 49.0. The summed E-state index contributed by atoms with van der Waals surface area (Å²) in [4.78, 5) is 15.4. The predicted octanol–water partition coefficient (Wildman–Crippen LogP) is -2.93. The molecule has 482 valence electrons. The average molecular weight is 1210 g/mol. The van der Waals surface area contributed by atoms with E-state index >= 15 is 4.79 Å². The number of ether oxygens (including phenoxy) is 10. The second-order valence-corrected chi connectivity index (χ2v) is 28.0. The van der Waals surface area contributed by atoms with Gasteiger partial charge in [-0.15, -0.1) is 0 Å². The van der Waals surface area contributed by atoms with Gasteiger partial charge in [0.15, 0.2) is 31.3 Å². The number of carbonyl (C=O) groups is 1. The van der Waals surface area contributed by atoms with E-state index in [1.807, 2.05) is 6.92 Å². The fourth-order valence-corrected chi connectivity index (χ4v) is 17.4. The molecule has 9 fully saturated rings. The third-order valence-corrected chi connectivity index (χ3v) is 22.9. The zero-order chi connectivity index (χ0) is 61.1. The minimum Gasteiger partial charge on any atom is -0.432 e. The summed E-state index contributed by atoms with van der Waals surface area (Å²) in [6.45, 7) is 12.3. The lowest BCUT2D eigenvalue weighted by Crippen LogP contribution is -2.67. The van der Waals surface area contributed by atoms with E-state index in [2.05, 4.69) is 40.7 Å². The normalized spacial score (nSPS) is 54.9. The van der Waals surface area contributed by atoms with Crippen LogP contribution >= 0.6 is 0 Å². The van der Waals surface area contributed by atoms with Crippen LogP contribution in [-0.2, 0) is 52.2 Å². The van der Waals surface area contributed by atoms with Gasteiger partial charge in [0.1, 0.15) is 97.7 Å². The van der Waals surface area contributed by atoms with Crippen molar-refractivity contribution in [2.24, 2.45) is 50.2 Å². The van der Waals surface area contributed by atoms with Crippen molar-refractivity contribution in [3.63, 3.8) is 0 Å². The Morgan fingerprint density at radius 2 is 1.12 bits per heavy atom. The minimum atomic E-state index is -1.90. The maximum Gasteiger partial charge on any atom is 0.315 e. The highest BCUT2D eigenvalue weighted by Crippen LogP contribution is 2.76. The van der Waals surface area contributed by atoms with Crippen molar-refractivity contribution >= 4 is 5.97 Å². The van der Waals surface area contributed by atoms with Crippen LogP contribution in [0.4, 0.5) is 0 Å². The number of fused-ring (bicyclic) bond motifs is 7. The molecular formula is C58H94O26. The quantitative estimate of drug-likeness (QED) is 0.0499. The summed E-state index contributed by atoms with van der Waals surface area (Å²) in [7, 11) is 0. The maximum absolute atomic E-state index is 15.4. The molecule has 0 aromatic carbocycles. The smallest absolute Gasteiger partial charge is 0.315 e. The molecule has 5 aliphatic heterocycles. The molecule has 5 saturated heterocycles. The summed E-state index contributed by atoms with van der Waals surface area (Å²) in [5.41, 5.74) is -2.13. The molecule has 10 aliphatic rings.